The van der Waals surface area contributed by atoms with E-state index < -0.39 is 0 Å². The zero-order valence-corrected chi connectivity index (χ0v) is 19.7. The Labute approximate surface area is 189 Å². The van der Waals surface area contributed by atoms with Gasteiger partial charge in [-0.3, -0.25) is 14.9 Å². The van der Waals surface area contributed by atoms with Crippen molar-refractivity contribution in [3.8, 4) is 0 Å². The van der Waals surface area contributed by atoms with Crippen LogP contribution in [-0.4, -0.2) is 46.4 Å². The third kappa shape index (κ3) is 10.9. The van der Waals surface area contributed by atoms with Crippen LogP contribution in [-0.2, 0) is 13.1 Å². The molecular formula is C27H38N4. The molecule has 0 aliphatic rings. The van der Waals surface area contributed by atoms with Crippen molar-refractivity contribution in [2.45, 2.75) is 46.7 Å². The number of hydrogen-bond acceptors (Lipinski definition) is 4. The lowest BCUT2D eigenvalue weighted by molar-refractivity contribution is 0.214. The van der Waals surface area contributed by atoms with Gasteiger partial charge in [0.15, 0.2) is 0 Å². The first-order chi connectivity index (χ1) is 15.1. The van der Waals surface area contributed by atoms with E-state index in [0.717, 1.165) is 50.5 Å². The van der Waals surface area contributed by atoms with E-state index in [1.165, 1.54) is 17.6 Å². The summed E-state index contributed by atoms with van der Waals surface area (Å²) in [5.41, 5.74) is 4.85. The molecule has 0 radical (unpaired) electrons. The van der Waals surface area contributed by atoms with Gasteiger partial charge in [0.1, 0.15) is 0 Å². The fraction of sp³-hybridized carbons (Fsp3) is 0.407. The van der Waals surface area contributed by atoms with Gasteiger partial charge in [-0.1, -0.05) is 60.9 Å². The summed E-state index contributed by atoms with van der Waals surface area (Å²) in [6, 6.07) is 12.2. The van der Waals surface area contributed by atoms with Gasteiger partial charge in [0.05, 0.1) is 11.4 Å². The van der Waals surface area contributed by atoms with E-state index in [1.54, 1.807) is 0 Å². The first-order valence-corrected chi connectivity index (χ1v) is 11.3. The molecule has 166 valence electrons. The second kappa shape index (κ2) is 14.4. The van der Waals surface area contributed by atoms with Crippen molar-refractivity contribution in [3.63, 3.8) is 0 Å². The van der Waals surface area contributed by atoms with Gasteiger partial charge < -0.3 is 4.90 Å². The number of aromatic nitrogens is 2. The maximum atomic E-state index is 4.51. The highest BCUT2D eigenvalue weighted by atomic mass is 15.2. The van der Waals surface area contributed by atoms with Crippen LogP contribution in [0.15, 0.2) is 84.2 Å². The molecule has 0 aliphatic carbocycles. The second-order valence-corrected chi connectivity index (χ2v) is 8.21. The Hall–Kier alpha value is -2.56. The van der Waals surface area contributed by atoms with Crippen molar-refractivity contribution in [1.82, 2.24) is 19.8 Å². The summed E-state index contributed by atoms with van der Waals surface area (Å²) in [4.78, 5) is 13.8. The molecule has 2 aromatic heterocycles. The molecule has 0 spiro atoms. The van der Waals surface area contributed by atoms with Crippen LogP contribution in [0.3, 0.4) is 0 Å². The molecule has 4 heteroatoms. The van der Waals surface area contributed by atoms with Crippen LogP contribution < -0.4 is 0 Å². The number of rotatable bonds is 13. The van der Waals surface area contributed by atoms with Crippen LogP contribution in [0.5, 0.6) is 0 Å². The molecule has 0 fully saturated rings. The third-order valence-electron chi connectivity index (χ3n) is 5.01. The minimum Gasteiger partial charge on any atom is -0.301 e. The van der Waals surface area contributed by atoms with Crippen molar-refractivity contribution in [2.24, 2.45) is 0 Å². The number of hydrogen-bond donors (Lipinski definition) is 0. The normalized spacial score (nSPS) is 13.0. The molecule has 4 nitrogen and oxygen atoms in total. The molecule has 0 saturated carbocycles. The largest absolute Gasteiger partial charge is 0.301 e. The first kappa shape index (κ1) is 24.7. The zero-order valence-electron chi connectivity index (χ0n) is 19.7. The van der Waals surface area contributed by atoms with E-state index in [9.17, 15) is 0 Å². The Morgan fingerprint density at radius 2 is 1.55 bits per heavy atom. The summed E-state index contributed by atoms with van der Waals surface area (Å²) in [6.07, 6.45) is 15.0. The lowest BCUT2D eigenvalue weighted by Gasteiger charge is -2.25. The van der Waals surface area contributed by atoms with E-state index in [2.05, 4.69) is 96.2 Å². The average Bonchev–Trinajstić information content (AvgIpc) is 2.78. The zero-order chi connectivity index (χ0) is 22.3. The van der Waals surface area contributed by atoms with Gasteiger partial charge in [0, 0.05) is 45.1 Å². The molecule has 0 aromatic carbocycles. The lowest BCUT2D eigenvalue weighted by Crippen LogP contribution is -2.33. The monoisotopic (exact) mass is 418 g/mol. The number of allylic oxidation sites excluding steroid dienone is 5. The van der Waals surface area contributed by atoms with Crippen LogP contribution in [0.2, 0.25) is 0 Å². The SMILES string of the molecule is CCC/C=C/C(C)=C/C=C(\C)CN(C)CCN(Cc1ccccn1)Cc1ccccn1. The van der Waals surface area contributed by atoms with Gasteiger partial charge in [0.25, 0.3) is 0 Å². The Kier molecular flexibility index (Phi) is 11.5. The minimum atomic E-state index is 0.825. The van der Waals surface area contributed by atoms with Gasteiger partial charge in [-0.2, -0.15) is 0 Å². The number of unbranched alkanes of at least 4 members (excludes halogenated alkanes) is 1. The fourth-order valence-electron chi connectivity index (χ4n) is 3.29. The van der Waals surface area contributed by atoms with Crippen molar-refractivity contribution in [3.05, 3.63) is 95.6 Å². The van der Waals surface area contributed by atoms with E-state index in [1.807, 2.05) is 24.5 Å². The highest BCUT2D eigenvalue weighted by molar-refractivity contribution is 5.24. The molecule has 31 heavy (non-hydrogen) atoms. The molecule has 2 rings (SSSR count). The first-order valence-electron chi connectivity index (χ1n) is 11.3. The van der Waals surface area contributed by atoms with Gasteiger partial charge in [0.2, 0.25) is 0 Å². The summed E-state index contributed by atoms with van der Waals surface area (Å²) in [5, 5.41) is 0. The maximum absolute atomic E-state index is 4.51. The molecular weight excluding hydrogens is 380 g/mol. The molecule has 0 N–H and O–H groups in total. The van der Waals surface area contributed by atoms with E-state index in [-0.39, 0.29) is 0 Å². The Balaban J connectivity index is 1.90. The van der Waals surface area contributed by atoms with Gasteiger partial charge in [-0.15, -0.1) is 0 Å². The summed E-state index contributed by atoms with van der Waals surface area (Å²) in [7, 11) is 2.19. The second-order valence-electron chi connectivity index (χ2n) is 8.21. The molecule has 0 saturated heterocycles. The van der Waals surface area contributed by atoms with Gasteiger partial charge in [-0.05, 0) is 51.6 Å². The molecule has 0 aliphatic heterocycles. The molecule has 0 amide bonds. The Bertz CT molecular complexity index is 783. The van der Waals surface area contributed by atoms with Crippen LogP contribution in [0.25, 0.3) is 0 Å². The van der Waals surface area contributed by atoms with E-state index in [4.69, 9.17) is 0 Å². The summed E-state index contributed by atoms with van der Waals surface area (Å²) in [6.45, 7) is 11.1. The molecule has 0 atom stereocenters. The van der Waals surface area contributed by atoms with Crippen molar-refractivity contribution < 1.29 is 0 Å². The fourth-order valence-corrected chi connectivity index (χ4v) is 3.29. The highest BCUT2D eigenvalue weighted by Gasteiger charge is 2.10. The highest BCUT2D eigenvalue weighted by Crippen LogP contribution is 2.08. The minimum absolute atomic E-state index is 0.825. The Morgan fingerprint density at radius 3 is 2.10 bits per heavy atom. The predicted octanol–water partition coefficient (Wildman–Crippen LogP) is 5.66. The third-order valence-corrected chi connectivity index (χ3v) is 5.01. The van der Waals surface area contributed by atoms with Crippen LogP contribution in [0, 0.1) is 0 Å². The average molecular weight is 419 g/mol. The summed E-state index contributed by atoms with van der Waals surface area (Å²) in [5.74, 6) is 0. The van der Waals surface area contributed by atoms with Crippen molar-refractivity contribution in [1.29, 1.82) is 0 Å². The van der Waals surface area contributed by atoms with Crippen LogP contribution >= 0.6 is 0 Å². The van der Waals surface area contributed by atoms with Crippen LogP contribution in [0.4, 0.5) is 0 Å². The van der Waals surface area contributed by atoms with E-state index >= 15 is 0 Å². The number of nitrogens with zero attached hydrogens (tertiary/aromatic N) is 4. The van der Waals surface area contributed by atoms with E-state index in [0.29, 0.717) is 0 Å². The molecule has 2 heterocycles. The van der Waals surface area contributed by atoms with Crippen molar-refractivity contribution in [2.75, 3.05) is 26.7 Å². The Morgan fingerprint density at radius 1 is 0.903 bits per heavy atom. The van der Waals surface area contributed by atoms with Gasteiger partial charge in [-0.25, -0.2) is 0 Å². The smallest absolute Gasteiger partial charge is 0.0544 e. The summed E-state index contributed by atoms with van der Waals surface area (Å²) < 4.78 is 0. The molecule has 0 bridgehead atoms. The van der Waals surface area contributed by atoms with Crippen LogP contribution in [0.1, 0.15) is 45.0 Å². The predicted molar refractivity (Wildman–Crippen MR) is 132 cm³/mol. The maximum Gasteiger partial charge on any atom is 0.0544 e. The lowest BCUT2D eigenvalue weighted by atomic mass is 10.2. The topological polar surface area (TPSA) is 32.3 Å². The molecule has 2 aromatic rings. The molecule has 0 unspecified atom stereocenters. The quantitative estimate of drug-likeness (QED) is 0.393. The summed E-state index contributed by atoms with van der Waals surface area (Å²) >= 11 is 0. The van der Waals surface area contributed by atoms with Gasteiger partial charge >= 0.3 is 0 Å². The number of likely N-dealkylation sites (N-methyl/N-ethyl adjacent to an activating group) is 1. The number of pyridine rings is 2. The standard InChI is InChI=1S/C27H38N4/c1-5-6-7-12-24(2)15-16-25(3)21-30(4)19-20-31(22-26-13-8-10-17-28-26)23-27-14-9-11-18-29-27/h7-18H,5-6,19-23H2,1-4H3/b12-7+,24-15+,25-16+. The van der Waals surface area contributed by atoms with Crippen molar-refractivity contribution >= 4 is 0 Å².